The van der Waals surface area contributed by atoms with E-state index < -0.39 is 23.7 Å². The van der Waals surface area contributed by atoms with Gasteiger partial charge in [-0.15, -0.1) is 0 Å². The summed E-state index contributed by atoms with van der Waals surface area (Å²) in [6, 6.07) is 14.6. The largest absolute Gasteiger partial charge is 0.480 e. The van der Waals surface area contributed by atoms with Crippen molar-refractivity contribution in [1.29, 1.82) is 0 Å². The van der Waals surface area contributed by atoms with Crippen LogP contribution in [0.25, 0.3) is 6.08 Å². The second-order valence-corrected chi connectivity index (χ2v) is 5.46. The molecule has 0 fully saturated rings. The summed E-state index contributed by atoms with van der Waals surface area (Å²) in [6.45, 7) is 1.90. The fraction of sp³-hybridized carbons (Fsp3) is 0.158. The van der Waals surface area contributed by atoms with Crippen LogP contribution in [-0.2, 0) is 16.0 Å². The van der Waals surface area contributed by atoms with E-state index in [4.69, 9.17) is 0 Å². The van der Waals surface area contributed by atoms with Crippen molar-refractivity contribution in [2.24, 2.45) is 0 Å². The number of hydrogen-bond acceptors (Lipinski definition) is 2. The van der Waals surface area contributed by atoms with Crippen LogP contribution in [0.5, 0.6) is 0 Å². The number of carboxylic acid groups (broad SMARTS) is 1. The minimum Gasteiger partial charge on any atom is -0.480 e. The van der Waals surface area contributed by atoms with Gasteiger partial charge in [-0.3, -0.25) is 4.79 Å². The molecule has 0 aliphatic carbocycles. The summed E-state index contributed by atoms with van der Waals surface area (Å²) in [5, 5.41) is 11.4. The molecular weight excluding hydrogens is 309 g/mol. The van der Waals surface area contributed by atoms with Crippen molar-refractivity contribution >= 4 is 18.0 Å². The molecule has 0 unspecified atom stereocenters. The van der Waals surface area contributed by atoms with E-state index in [2.05, 4.69) is 5.32 Å². The van der Waals surface area contributed by atoms with Gasteiger partial charge in [0.25, 0.3) is 5.91 Å². The molecule has 0 aliphatic heterocycles. The zero-order chi connectivity index (χ0) is 17.5. The van der Waals surface area contributed by atoms with Gasteiger partial charge in [-0.25, -0.2) is 9.18 Å². The Balaban J connectivity index is 2.06. The van der Waals surface area contributed by atoms with Gasteiger partial charge in [0.15, 0.2) is 5.83 Å². The molecule has 124 valence electrons. The molecule has 0 saturated heterocycles. The molecule has 1 atom stereocenters. The van der Waals surface area contributed by atoms with Crippen LogP contribution in [0, 0.1) is 6.92 Å². The van der Waals surface area contributed by atoms with Crippen molar-refractivity contribution in [1.82, 2.24) is 5.32 Å². The summed E-state index contributed by atoms with van der Waals surface area (Å²) in [5.41, 5.74) is 2.29. The summed E-state index contributed by atoms with van der Waals surface area (Å²) in [5.74, 6) is -3.28. The predicted octanol–water partition coefficient (Wildman–Crippen LogP) is 3.12. The first kappa shape index (κ1) is 17.4. The van der Waals surface area contributed by atoms with Crippen molar-refractivity contribution in [3.8, 4) is 0 Å². The summed E-state index contributed by atoms with van der Waals surface area (Å²) < 4.78 is 14.0. The minimum absolute atomic E-state index is 0.0831. The van der Waals surface area contributed by atoms with E-state index in [-0.39, 0.29) is 6.42 Å². The van der Waals surface area contributed by atoms with Crippen LogP contribution in [0.15, 0.2) is 60.4 Å². The Hall–Kier alpha value is -2.95. The van der Waals surface area contributed by atoms with E-state index in [1.54, 1.807) is 48.5 Å². The maximum atomic E-state index is 14.0. The van der Waals surface area contributed by atoms with Gasteiger partial charge in [0, 0.05) is 6.42 Å². The maximum absolute atomic E-state index is 14.0. The van der Waals surface area contributed by atoms with E-state index in [1.807, 2.05) is 13.0 Å². The lowest BCUT2D eigenvalue weighted by molar-refractivity contribution is -0.141. The van der Waals surface area contributed by atoms with E-state index >= 15 is 0 Å². The molecule has 4 nitrogen and oxygen atoms in total. The van der Waals surface area contributed by atoms with Gasteiger partial charge in [-0.1, -0.05) is 60.2 Å². The molecule has 0 heterocycles. The molecule has 0 bridgehead atoms. The fourth-order valence-corrected chi connectivity index (χ4v) is 2.15. The number of benzene rings is 2. The zero-order valence-electron chi connectivity index (χ0n) is 13.2. The number of carbonyl (C=O) groups is 2. The Morgan fingerprint density at radius 3 is 2.33 bits per heavy atom. The van der Waals surface area contributed by atoms with Gasteiger partial charge < -0.3 is 10.4 Å². The number of aliphatic carboxylic acids is 1. The molecule has 1 amide bonds. The molecule has 2 aromatic carbocycles. The minimum atomic E-state index is -1.21. The van der Waals surface area contributed by atoms with Crippen molar-refractivity contribution < 1.29 is 19.1 Å². The van der Waals surface area contributed by atoms with Gasteiger partial charge in [0.2, 0.25) is 0 Å². The predicted molar refractivity (Wildman–Crippen MR) is 90.0 cm³/mol. The Kier molecular flexibility index (Phi) is 5.84. The van der Waals surface area contributed by atoms with Crippen molar-refractivity contribution in [2.45, 2.75) is 19.4 Å². The maximum Gasteiger partial charge on any atom is 0.326 e. The molecule has 2 N–H and O–H groups in total. The monoisotopic (exact) mass is 327 g/mol. The summed E-state index contributed by atoms with van der Waals surface area (Å²) in [6.07, 6.45) is 1.16. The first-order valence-corrected chi connectivity index (χ1v) is 7.47. The number of halogens is 1. The van der Waals surface area contributed by atoms with Gasteiger partial charge in [-0.2, -0.15) is 0 Å². The molecule has 0 aromatic heterocycles. The second kappa shape index (κ2) is 8.06. The van der Waals surface area contributed by atoms with Gasteiger partial charge in [0.1, 0.15) is 6.04 Å². The van der Waals surface area contributed by atoms with Crippen LogP contribution in [0.1, 0.15) is 16.7 Å². The number of nitrogens with one attached hydrogen (secondary N) is 1. The third kappa shape index (κ3) is 5.05. The topological polar surface area (TPSA) is 66.4 Å². The standard InChI is InChI=1S/C19H18FNO3/c1-13-7-9-15(10-8-13)11-16(20)18(22)21-17(19(23)24)12-14-5-3-2-4-6-14/h2-11,17H,12H2,1H3,(H,21,22)(H,23,24)/t17-/m1/s1. The molecular formula is C19H18FNO3. The second-order valence-electron chi connectivity index (χ2n) is 5.46. The first-order valence-electron chi connectivity index (χ1n) is 7.47. The Morgan fingerprint density at radius 2 is 1.75 bits per heavy atom. The molecule has 24 heavy (non-hydrogen) atoms. The molecule has 2 rings (SSSR count). The van der Waals surface area contributed by atoms with E-state index in [9.17, 15) is 19.1 Å². The van der Waals surface area contributed by atoms with Crippen LogP contribution in [0.3, 0.4) is 0 Å². The van der Waals surface area contributed by atoms with E-state index in [0.29, 0.717) is 5.56 Å². The van der Waals surface area contributed by atoms with E-state index in [0.717, 1.165) is 17.2 Å². The summed E-state index contributed by atoms with van der Waals surface area (Å²) in [4.78, 5) is 23.2. The SMILES string of the molecule is Cc1ccc(C=C(F)C(=O)N[C@H](Cc2ccccc2)C(=O)O)cc1. The van der Waals surface area contributed by atoms with Crippen LogP contribution >= 0.6 is 0 Å². The normalized spacial score (nSPS) is 12.5. The summed E-state index contributed by atoms with van der Waals surface area (Å²) >= 11 is 0. The highest BCUT2D eigenvalue weighted by molar-refractivity contribution is 5.97. The number of amides is 1. The van der Waals surface area contributed by atoms with Crippen molar-refractivity contribution in [3.63, 3.8) is 0 Å². The lowest BCUT2D eigenvalue weighted by atomic mass is 10.1. The van der Waals surface area contributed by atoms with Crippen LogP contribution in [-0.4, -0.2) is 23.0 Å². The molecule has 0 spiro atoms. The molecule has 0 aliphatic rings. The van der Waals surface area contributed by atoms with Gasteiger partial charge >= 0.3 is 5.97 Å². The molecule has 5 heteroatoms. The molecule has 0 saturated carbocycles. The highest BCUT2D eigenvalue weighted by Gasteiger charge is 2.22. The van der Waals surface area contributed by atoms with Crippen LogP contribution in [0.2, 0.25) is 0 Å². The van der Waals surface area contributed by atoms with Gasteiger partial charge in [-0.05, 0) is 24.1 Å². The van der Waals surface area contributed by atoms with Crippen molar-refractivity contribution in [2.75, 3.05) is 0 Å². The lowest BCUT2D eigenvalue weighted by Crippen LogP contribution is -2.42. The summed E-state index contributed by atoms with van der Waals surface area (Å²) in [7, 11) is 0. The average Bonchev–Trinajstić information content (AvgIpc) is 2.57. The quantitative estimate of drug-likeness (QED) is 0.801. The fourth-order valence-electron chi connectivity index (χ4n) is 2.15. The smallest absolute Gasteiger partial charge is 0.326 e. The third-order valence-electron chi connectivity index (χ3n) is 3.47. The van der Waals surface area contributed by atoms with E-state index in [1.165, 1.54) is 0 Å². The zero-order valence-corrected chi connectivity index (χ0v) is 13.2. The Bertz CT molecular complexity index is 739. The first-order chi connectivity index (χ1) is 11.5. The molecule has 0 radical (unpaired) electrons. The van der Waals surface area contributed by atoms with Gasteiger partial charge in [0.05, 0.1) is 0 Å². The third-order valence-corrected chi connectivity index (χ3v) is 3.47. The number of carbonyl (C=O) groups excluding carboxylic acids is 1. The Morgan fingerprint density at radius 1 is 1.12 bits per heavy atom. The average molecular weight is 327 g/mol. The number of aryl methyl sites for hydroxylation is 1. The number of carboxylic acids is 1. The van der Waals surface area contributed by atoms with Crippen LogP contribution < -0.4 is 5.32 Å². The highest BCUT2D eigenvalue weighted by Crippen LogP contribution is 2.11. The number of hydrogen-bond donors (Lipinski definition) is 2. The van der Waals surface area contributed by atoms with Crippen molar-refractivity contribution in [3.05, 3.63) is 77.1 Å². The lowest BCUT2D eigenvalue weighted by Gasteiger charge is -2.14. The highest BCUT2D eigenvalue weighted by atomic mass is 19.1. The molecule has 2 aromatic rings. The Labute approximate surface area is 139 Å². The number of rotatable bonds is 6. The van der Waals surface area contributed by atoms with Crippen LogP contribution in [0.4, 0.5) is 4.39 Å².